The molecule has 0 aliphatic carbocycles. The van der Waals surface area contributed by atoms with Crippen LogP contribution in [0.25, 0.3) is 88.9 Å². The van der Waals surface area contributed by atoms with E-state index in [0.29, 0.717) is 17.5 Å². The molecule has 0 aliphatic rings. The van der Waals surface area contributed by atoms with E-state index in [1.165, 1.54) is 21.5 Å². The van der Waals surface area contributed by atoms with E-state index in [2.05, 4.69) is 97.1 Å². The van der Waals surface area contributed by atoms with Gasteiger partial charge in [-0.3, -0.25) is 4.98 Å². The second-order valence-corrected chi connectivity index (χ2v) is 11.9. The minimum Gasteiger partial charge on any atom is -0.256 e. The first-order valence-corrected chi connectivity index (χ1v) is 16.1. The van der Waals surface area contributed by atoms with Crippen molar-refractivity contribution in [2.75, 3.05) is 0 Å². The highest BCUT2D eigenvalue weighted by molar-refractivity contribution is 6.14. The molecule has 4 nitrogen and oxygen atoms in total. The Bertz CT molecular complexity index is 2550. The third kappa shape index (κ3) is 4.97. The number of benzene rings is 7. The van der Waals surface area contributed by atoms with Gasteiger partial charge in [0.2, 0.25) is 0 Å². The van der Waals surface area contributed by atoms with E-state index in [1.54, 1.807) is 0 Å². The molecule has 0 aliphatic heterocycles. The van der Waals surface area contributed by atoms with E-state index in [-0.39, 0.29) is 0 Å². The largest absolute Gasteiger partial charge is 0.256 e. The molecular formula is C44H28N4. The summed E-state index contributed by atoms with van der Waals surface area (Å²) in [6.45, 7) is 0. The molecule has 2 aromatic heterocycles. The maximum Gasteiger partial charge on any atom is 0.164 e. The SMILES string of the molecule is c1ccc(-c2nc(-c3ccccc3)nc(-c3cc(-c4cc5ccccc5c5ccccc45)cc(-c4cccc5cccnc45)c3)n2)cc1. The Kier molecular flexibility index (Phi) is 6.76. The maximum atomic E-state index is 5.11. The molecule has 0 saturated heterocycles. The predicted molar refractivity (Wildman–Crippen MR) is 197 cm³/mol. The summed E-state index contributed by atoms with van der Waals surface area (Å²) in [5, 5.41) is 5.95. The van der Waals surface area contributed by atoms with Gasteiger partial charge in [-0.1, -0.05) is 133 Å². The molecule has 224 valence electrons. The number of fused-ring (bicyclic) bond motifs is 4. The van der Waals surface area contributed by atoms with Gasteiger partial charge in [-0.2, -0.15) is 0 Å². The number of nitrogens with zero attached hydrogens (tertiary/aromatic N) is 4. The molecule has 0 spiro atoms. The van der Waals surface area contributed by atoms with Gasteiger partial charge in [0.05, 0.1) is 5.52 Å². The summed E-state index contributed by atoms with van der Waals surface area (Å²) >= 11 is 0. The second-order valence-electron chi connectivity index (χ2n) is 11.9. The van der Waals surface area contributed by atoms with Crippen molar-refractivity contribution in [1.82, 2.24) is 19.9 Å². The van der Waals surface area contributed by atoms with Crippen LogP contribution in [0.3, 0.4) is 0 Å². The van der Waals surface area contributed by atoms with Crippen LogP contribution in [-0.2, 0) is 0 Å². The number of aromatic nitrogens is 4. The number of hydrogen-bond acceptors (Lipinski definition) is 4. The van der Waals surface area contributed by atoms with Crippen molar-refractivity contribution in [2.45, 2.75) is 0 Å². The van der Waals surface area contributed by atoms with Crippen LogP contribution in [-0.4, -0.2) is 19.9 Å². The fourth-order valence-electron chi connectivity index (χ4n) is 6.64. The normalized spacial score (nSPS) is 11.3. The van der Waals surface area contributed by atoms with Crippen molar-refractivity contribution in [3.05, 3.63) is 170 Å². The maximum absolute atomic E-state index is 5.11. The van der Waals surface area contributed by atoms with Gasteiger partial charge in [0.15, 0.2) is 17.5 Å². The lowest BCUT2D eigenvalue weighted by Crippen LogP contribution is -2.00. The lowest BCUT2D eigenvalue weighted by molar-refractivity contribution is 1.07. The van der Waals surface area contributed by atoms with Crippen molar-refractivity contribution in [1.29, 1.82) is 0 Å². The summed E-state index contributed by atoms with van der Waals surface area (Å²) in [6, 6.07) is 56.9. The summed E-state index contributed by atoms with van der Waals surface area (Å²) in [4.78, 5) is 20.0. The molecule has 0 atom stereocenters. The topological polar surface area (TPSA) is 51.6 Å². The molecule has 0 radical (unpaired) electrons. The lowest BCUT2D eigenvalue weighted by Gasteiger charge is -2.15. The standard InChI is InChI=1S/C44H28N4/c1-3-13-30(14-4-1)42-46-43(31-15-5-2-6-16-31)48-44(47-42)35-26-33(37-23-11-18-29-19-12-24-45-41(29)37)25-34(27-35)40-28-32-17-7-8-20-36(32)38-21-9-10-22-39(38)40/h1-28H. The molecule has 0 bridgehead atoms. The minimum atomic E-state index is 0.615. The molecule has 9 rings (SSSR count). The Hall–Kier alpha value is -6.52. The molecule has 2 heterocycles. The van der Waals surface area contributed by atoms with E-state index >= 15 is 0 Å². The lowest BCUT2D eigenvalue weighted by atomic mass is 9.90. The molecule has 0 unspecified atom stereocenters. The van der Waals surface area contributed by atoms with Gasteiger partial charge >= 0.3 is 0 Å². The van der Waals surface area contributed by atoms with Crippen molar-refractivity contribution < 1.29 is 0 Å². The second kappa shape index (κ2) is 11.7. The summed E-state index contributed by atoms with van der Waals surface area (Å²) in [7, 11) is 0. The van der Waals surface area contributed by atoms with E-state index < -0.39 is 0 Å². The zero-order chi connectivity index (χ0) is 31.9. The Labute approximate surface area is 278 Å². The Balaban J connectivity index is 1.35. The molecule has 48 heavy (non-hydrogen) atoms. The molecule has 0 amide bonds. The fraction of sp³-hybridized carbons (Fsp3) is 0. The van der Waals surface area contributed by atoms with Crippen LogP contribution >= 0.6 is 0 Å². The highest BCUT2D eigenvalue weighted by atomic mass is 15.0. The number of hydrogen-bond donors (Lipinski definition) is 0. The zero-order valence-corrected chi connectivity index (χ0v) is 26.0. The van der Waals surface area contributed by atoms with Gasteiger partial charge in [-0.25, -0.2) is 15.0 Å². The van der Waals surface area contributed by atoms with Gasteiger partial charge in [-0.05, 0) is 68.6 Å². The van der Waals surface area contributed by atoms with E-state index in [9.17, 15) is 0 Å². The van der Waals surface area contributed by atoms with Crippen molar-refractivity contribution in [3.63, 3.8) is 0 Å². The smallest absolute Gasteiger partial charge is 0.164 e. The Morgan fingerprint density at radius 2 is 0.833 bits per heavy atom. The molecule has 4 heteroatoms. The summed E-state index contributed by atoms with van der Waals surface area (Å²) in [5.41, 5.74) is 8.08. The third-order valence-corrected chi connectivity index (χ3v) is 8.91. The molecule has 0 N–H and O–H groups in total. The van der Waals surface area contributed by atoms with Crippen LogP contribution in [0.5, 0.6) is 0 Å². The van der Waals surface area contributed by atoms with E-state index in [4.69, 9.17) is 19.9 Å². The zero-order valence-electron chi connectivity index (χ0n) is 26.0. The molecule has 0 fully saturated rings. The first kappa shape index (κ1) is 27.8. The summed E-state index contributed by atoms with van der Waals surface area (Å²) in [5.74, 6) is 1.88. The van der Waals surface area contributed by atoms with Gasteiger partial charge < -0.3 is 0 Å². The number of pyridine rings is 1. The Morgan fingerprint density at radius 1 is 0.312 bits per heavy atom. The average molecular weight is 613 g/mol. The average Bonchev–Trinajstić information content (AvgIpc) is 3.17. The van der Waals surface area contributed by atoms with Crippen molar-refractivity contribution in [3.8, 4) is 56.4 Å². The molecule has 7 aromatic carbocycles. The van der Waals surface area contributed by atoms with Crippen LogP contribution < -0.4 is 0 Å². The van der Waals surface area contributed by atoms with Crippen LogP contribution in [0, 0.1) is 0 Å². The first-order chi connectivity index (χ1) is 23.8. The first-order valence-electron chi connectivity index (χ1n) is 16.1. The molecule has 0 saturated carbocycles. The van der Waals surface area contributed by atoms with Crippen LogP contribution in [0.1, 0.15) is 0 Å². The number of para-hydroxylation sites is 1. The highest BCUT2D eigenvalue weighted by Gasteiger charge is 2.17. The highest BCUT2D eigenvalue weighted by Crippen LogP contribution is 2.40. The summed E-state index contributed by atoms with van der Waals surface area (Å²) in [6.07, 6.45) is 1.86. The minimum absolute atomic E-state index is 0.615. The van der Waals surface area contributed by atoms with Gasteiger partial charge in [-0.15, -0.1) is 0 Å². The third-order valence-electron chi connectivity index (χ3n) is 8.91. The van der Waals surface area contributed by atoms with Gasteiger partial charge in [0.25, 0.3) is 0 Å². The quantitative estimate of drug-likeness (QED) is 0.181. The number of rotatable bonds is 5. The predicted octanol–water partition coefficient (Wildman–Crippen LogP) is 11.1. The van der Waals surface area contributed by atoms with Crippen molar-refractivity contribution in [2.24, 2.45) is 0 Å². The fourth-order valence-corrected chi connectivity index (χ4v) is 6.64. The van der Waals surface area contributed by atoms with E-state index in [0.717, 1.165) is 49.8 Å². The van der Waals surface area contributed by atoms with E-state index in [1.807, 2.05) is 72.9 Å². The van der Waals surface area contributed by atoms with Crippen LogP contribution in [0.15, 0.2) is 170 Å². The van der Waals surface area contributed by atoms with Gasteiger partial charge in [0.1, 0.15) is 0 Å². The van der Waals surface area contributed by atoms with Gasteiger partial charge in [0, 0.05) is 33.8 Å². The van der Waals surface area contributed by atoms with Crippen LogP contribution in [0.2, 0.25) is 0 Å². The van der Waals surface area contributed by atoms with Crippen molar-refractivity contribution >= 4 is 32.4 Å². The monoisotopic (exact) mass is 612 g/mol. The summed E-state index contributed by atoms with van der Waals surface area (Å²) < 4.78 is 0. The molecular weight excluding hydrogens is 585 g/mol. The molecule has 9 aromatic rings. The Morgan fingerprint density at radius 3 is 1.54 bits per heavy atom. The van der Waals surface area contributed by atoms with Crippen LogP contribution in [0.4, 0.5) is 0 Å².